The molecule has 5 heteroatoms. The molecule has 4 nitrogen and oxygen atoms in total. The normalized spacial score (nSPS) is 19.6. The number of Topliss-reactive ketones (excluding diaryl/α,β-unsaturated/α-hetero) is 1. The van der Waals surface area contributed by atoms with E-state index < -0.39 is 0 Å². The Morgan fingerprint density at radius 1 is 1.15 bits per heavy atom. The van der Waals surface area contributed by atoms with E-state index in [1.807, 2.05) is 55.6 Å². The highest BCUT2D eigenvalue weighted by Crippen LogP contribution is 2.43. The third-order valence-electron chi connectivity index (χ3n) is 5.24. The third-order valence-corrected chi connectivity index (χ3v) is 6.18. The van der Waals surface area contributed by atoms with Crippen molar-refractivity contribution in [1.29, 1.82) is 0 Å². The van der Waals surface area contributed by atoms with Crippen molar-refractivity contribution < 1.29 is 9.59 Å². The maximum Gasteiger partial charge on any atom is 0.254 e. The van der Waals surface area contributed by atoms with Gasteiger partial charge in [0.25, 0.3) is 5.91 Å². The van der Waals surface area contributed by atoms with Crippen molar-refractivity contribution in [3.05, 3.63) is 74.8 Å². The Labute approximate surface area is 163 Å². The van der Waals surface area contributed by atoms with Crippen LogP contribution in [0.1, 0.15) is 42.5 Å². The number of amides is 1. The lowest BCUT2D eigenvalue weighted by Crippen LogP contribution is -2.35. The number of rotatable bonds is 3. The Hall–Kier alpha value is -2.66. The van der Waals surface area contributed by atoms with E-state index in [4.69, 9.17) is 0 Å². The average Bonchev–Trinajstić information content (AvgIpc) is 3.17. The molecule has 2 N–H and O–H groups in total. The van der Waals surface area contributed by atoms with Crippen LogP contribution in [0, 0.1) is 6.92 Å². The number of ketones is 1. The van der Waals surface area contributed by atoms with E-state index in [-0.39, 0.29) is 17.6 Å². The average molecular weight is 378 g/mol. The molecule has 1 aromatic heterocycles. The lowest BCUT2D eigenvalue weighted by molar-refractivity contribution is -0.116. The minimum atomic E-state index is -0.293. The van der Waals surface area contributed by atoms with E-state index in [0.29, 0.717) is 12.0 Å². The van der Waals surface area contributed by atoms with Gasteiger partial charge < -0.3 is 10.6 Å². The topological polar surface area (TPSA) is 58.2 Å². The number of thiophene rings is 1. The predicted molar refractivity (Wildman–Crippen MR) is 109 cm³/mol. The van der Waals surface area contributed by atoms with Crippen LogP contribution in [0.15, 0.2) is 64.3 Å². The first-order valence-corrected chi connectivity index (χ1v) is 10.1. The van der Waals surface area contributed by atoms with E-state index in [0.717, 1.165) is 45.9 Å². The molecule has 1 amide bonds. The standard InChI is InChI=1S/C22H22N2O2S/c1-13-7-3-4-8-15(13)24-22(26)19-14(2)23-16-9-5-10-17(25)20(16)21(19)18-11-6-12-27-18/h3-4,6-8,11-12,21,23H,5,9-10H2,1-2H3,(H,24,26)/t21-/m0/s1. The number of carbonyl (C=O) groups is 2. The fraction of sp³-hybridized carbons (Fsp3) is 0.273. The molecule has 0 fully saturated rings. The van der Waals surface area contributed by atoms with E-state index in [1.54, 1.807) is 11.3 Å². The molecule has 138 valence electrons. The smallest absolute Gasteiger partial charge is 0.254 e. The molecule has 2 heterocycles. The molecule has 0 bridgehead atoms. The molecular weight excluding hydrogens is 356 g/mol. The molecule has 0 saturated heterocycles. The van der Waals surface area contributed by atoms with Crippen molar-refractivity contribution >= 4 is 28.7 Å². The lowest BCUT2D eigenvalue weighted by atomic mass is 9.77. The fourth-order valence-electron chi connectivity index (χ4n) is 3.93. The number of benzene rings is 1. The molecule has 0 saturated carbocycles. The number of carbonyl (C=O) groups excluding carboxylic acids is 2. The highest BCUT2D eigenvalue weighted by molar-refractivity contribution is 7.10. The monoisotopic (exact) mass is 378 g/mol. The Morgan fingerprint density at radius 2 is 1.96 bits per heavy atom. The Bertz CT molecular complexity index is 970. The maximum absolute atomic E-state index is 13.3. The van der Waals surface area contributed by atoms with Gasteiger partial charge in [0.2, 0.25) is 0 Å². The van der Waals surface area contributed by atoms with Crippen LogP contribution in [-0.2, 0) is 9.59 Å². The number of aryl methyl sites for hydroxylation is 1. The molecule has 0 radical (unpaired) electrons. The van der Waals surface area contributed by atoms with E-state index in [9.17, 15) is 9.59 Å². The van der Waals surface area contributed by atoms with Gasteiger partial charge in [-0.05, 0) is 49.8 Å². The Kier molecular flexibility index (Phi) is 4.70. The van der Waals surface area contributed by atoms with Gasteiger partial charge in [-0.3, -0.25) is 9.59 Å². The van der Waals surface area contributed by atoms with Crippen LogP contribution in [-0.4, -0.2) is 11.7 Å². The zero-order valence-corrected chi connectivity index (χ0v) is 16.3. The van der Waals surface area contributed by atoms with Crippen molar-refractivity contribution in [2.75, 3.05) is 5.32 Å². The van der Waals surface area contributed by atoms with Gasteiger partial charge in [0, 0.05) is 39.5 Å². The lowest BCUT2D eigenvalue weighted by Gasteiger charge is -2.34. The molecule has 1 aromatic carbocycles. The van der Waals surface area contributed by atoms with Crippen LogP contribution in [0.4, 0.5) is 5.69 Å². The molecule has 2 aromatic rings. The second-order valence-electron chi connectivity index (χ2n) is 7.05. The van der Waals surface area contributed by atoms with Crippen LogP contribution >= 0.6 is 11.3 Å². The number of nitrogens with one attached hydrogen (secondary N) is 2. The van der Waals surface area contributed by atoms with Gasteiger partial charge in [0.05, 0.1) is 5.92 Å². The maximum atomic E-state index is 13.3. The summed E-state index contributed by atoms with van der Waals surface area (Å²) < 4.78 is 0. The van der Waals surface area contributed by atoms with Crippen LogP contribution in [0.5, 0.6) is 0 Å². The van der Waals surface area contributed by atoms with Crippen molar-refractivity contribution in [3.63, 3.8) is 0 Å². The zero-order valence-electron chi connectivity index (χ0n) is 15.5. The SMILES string of the molecule is CC1=C(C(=O)Nc2ccccc2C)[C@H](c2cccs2)C2=C(CCCC2=O)N1. The highest BCUT2D eigenvalue weighted by Gasteiger charge is 2.38. The number of allylic oxidation sites excluding steroid dienone is 3. The van der Waals surface area contributed by atoms with Crippen LogP contribution in [0.2, 0.25) is 0 Å². The summed E-state index contributed by atoms with van der Waals surface area (Å²) in [6.07, 6.45) is 2.26. The molecule has 0 spiro atoms. The quantitative estimate of drug-likeness (QED) is 0.816. The van der Waals surface area contributed by atoms with Crippen LogP contribution in [0.25, 0.3) is 0 Å². The van der Waals surface area contributed by atoms with E-state index in [1.165, 1.54) is 0 Å². The molecule has 1 aliphatic carbocycles. The van der Waals surface area contributed by atoms with Crippen molar-refractivity contribution in [3.8, 4) is 0 Å². The minimum Gasteiger partial charge on any atom is -0.362 e. The second kappa shape index (κ2) is 7.16. The van der Waals surface area contributed by atoms with Gasteiger partial charge in [0.15, 0.2) is 5.78 Å². The number of hydrogen-bond acceptors (Lipinski definition) is 4. The first kappa shape index (κ1) is 17.7. The van der Waals surface area contributed by atoms with Gasteiger partial charge in [0.1, 0.15) is 0 Å². The molecule has 27 heavy (non-hydrogen) atoms. The summed E-state index contributed by atoms with van der Waals surface area (Å²) in [5.74, 6) is -0.300. The van der Waals surface area contributed by atoms with Crippen LogP contribution < -0.4 is 10.6 Å². The highest BCUT2D eigenvalue weighted by atomic mass is 32.1. The molecule has 1 aliphatic heterocycles. The van der Waals surface area contributed by atoms with Gasteiger partial charge in [-0.1, -0.05) is 24.3 Å². The summed E-state index contributed by atoms with van der Waals surface area (Å²) in [6, 6.07) is 11.7. The molecular formula is C22H22N2O2S. The molecule has 2 aliphatic rings. The number of para-hydroxylation sites is 1. The van der Waals surface area contributed by atoms with E-state index >= 15 is 0 Å². The Balaban J connectivity index is 1.77. The summed E-state index contributed by atoms with van der Waals surface area (Å²) in [4.78, 5) is 27.1. The van der Waals surface area contributed by atoms with Crippen molar-refractivity contribution in [1.82, 2.24) is 5.32 Å². The molecule has 1 atom stereocenters. The molecule has 4 rings (SSSR count). The minimum absolute atomic E-state index is 0.149. The largest absolute Gasteiger partial charge is 0.362 e. The predicted octanol–water partition coefficient (Wildman–Crippen LogP) is 4.66. The van der Waals surface area contributed by atoms with Gasteiger partial charge in [-0.25, -0.2) is 0 Å². The summed E-state index contributed by atoms with van der Waals surface area (Å²) in [5.41, 5.74) is 5.01. The van der Waals surface area contributed by atoms with Gasteiger partial charge in [-0.15, -0.1) is 11.3 Å². The zero-order chi connectivity index (χ0) is 19.0. The number of anilines is 1. The fourth-order valence-corrected chi connectivity index (χ4v) is 4.77. The van der Waals surface area contributed by atoms with Gasteiger partial charge >= 0.3 is 0 Å². The summed E-state index contributed by atoms with van der Waals surface area (Å²) in [6.45, 7) is 3.90. The molecule has 0 unspecified atom stereocenters. The van der Waals surface area contributed by atoms with Crippen LogP contribution in [0.3, 0.4) is 0 Å². The third kappa shape index (κ3) is 3.23. The second-order valence-corrected chi connectivity index (χ2v) is 8.03. The van der Waals surface area contributed by atoms with Gasteiger partial charge in [-0.2, -0.15) is 0 Å². The number of dihydropyridines is 1. The summed E-state index contributed by atoms with van der Waals surface area (Å²) in [5, 5.41) is 8.40. The van der Waals surface area contributed by atoms with Crippen molar-refractivity contribution in [2.45, 2.75) is 39.0 Å². The first-order chi connectivity index (χ1) is 13.1. The van der Waals surface area contributed by atoms with E-state index in [2.05, 4.69) is 10.6 Å². The summed E-state index contributed by atoms with van der Waals surface area (Å²) in [7, 11) is 0. The van der Waals surface area contributed by atoms with Crippen molar-refractivity contribution in [2.24, 2.45) is 0 Å². The summed E-state index contributed by atoms with van der Waals surface area (Å²) >= 11 is 1.59. The Morgan fingerprint density at radius 3 is 2.70 bits per heavy atom. The number of hydrogen-bond donors (Lipinski definition) is 2. The first-order valence-electron chi connectivity index (χ1n) is 9.20.